The van der Waals surface area contributed by atoms with Gasteiger partial charge in [0.25, 0.3) is 5.91 Å². The average Bonchev–Trinajstić information content (AvgIpc) is 3.21. The van der Waals surface area contributed by atoms with Gasteiger partial charge in [0.05, 0.1) is 5.69 Å². The normalized spacial score (nSPS) is 10.9. The van der Waals surface area contributed by atoms with Gasteiger partial charge in [-0.3, -0.25) is 14.1 Å². The van der Waals surface area contributed by atoms with Gasteiger partial charge in [-0.1, -0.05) is 54.4 Å². The molecule has 2 aromatic heterocycles. The summed E-state index contributed by atoms with van der Waals surface area (Å²) >= 11 is 12.3. The van der Waals surface area contributed by atoms with E-state index in [1.54, 1.807) is 24.1 Å². The van der Waals surface area contributed by atoms with Crippen LogP contribution >= 0.6 is 23.2 Å². The maximum atomic E-state index is 12.9. The molecule has 0 aliphatic heterocycles. The van der Waals surface area contributed by atoms with E-state index in [0.717, 1.165) is 11.3 Å². The molecule has 0 bridgehead atoms. The molecule has 0 N–H and O–H groups in total. The Morgan fingerprint density at radius 3 is 2.58 bits per heavy atom. The lowest BCUT2D eigenvalue weighted by atomic mass is 10.2. The summed E-state index contributed by atoms with van der Waals surface area (Å²) in [6, 6.07) is 18.2. The first-order valence-electron chi connectivity index (χ1n) is 10.5. The van der Waals surface area contributed by atoms with Crippen LogP contribution in [-0.4, -0.2) is 28.9 Å². The molecule has 0 aliphatic rings. The van der Waals surface area contributed by atoms with Crippen molar-refractivity contribution in [3.8, 4) is 11.5 Å². The number of aryl methyl sites for hydroxylation is 1. The minimum absolute atomic E-state index is 0.0812. The predicted octanol–water partition coefficient (Wildman–Crippen LogP) is 5.82. The number of aromatic nitrogens is 2. The monoisotopic (exact) mass is 483 g/mol. The standard InChI is InChI=1S/C25H23Cl2N3O3/c1-3-21-25(29(2)23(31)16-32-19-8-5-4-6-9-19)30-13-7-10-22(24(30)28-21)33-15-17-11-12-18(26)14-20(17)27/h4-14H,3,15-16H2,1-2H3. The van der Waals surface area contributed by atoms with Gasteiger partial charge in [0.2, 0.25) is 0 Å². The van der Waals surface area contributed by atoms with E-state index in [-0.39, 0.29) is 19.1 Å². The minimum Gasteiger partial charge on any atom is -0.485 e. The number of benzene rings is 2. The summed E-state index contributed by atoms with van der Waals surface area (Å²) in [4.78, 5) is 19.2. The summed E-state index contributed by atoms with van der Waals surface area (Å²) in [5, 5.41) is 1.11. The van der Waals surface area contributed by atoms with Gasteiger partial charge in [-0.05, 0) is 42.8 Å². The molecule has 170 valence electrons. The topological polar surface area (TPSA) is 56.1 Å². The number of pyridine rings is 1. The smallest absolute Gasteiger partial charge is 0.265 e. The van der Waals surface area contributed by atoms with Crippen molar-refractivity contribution in [3.63, 3.8) is 0 Å². The van der Waals surface area contributed by atoms with Crippen molar-refractivity contribution < 1.29 is 14.3 Å². The molecular formula is C25H23Cl2N3O3. The molecule has 2 heterocycles. The van der Waals surface area contributed by atoms with Crippen LogP contribution in [0.5, 0.6) is 11.5 Å². The number of carbonyl (C=O) groups is 1. The van der Waals surface area contributed by atoms with Crippen LogP contribution in [0.2, 0.25) is 10.0 Å². The number of amides is 1. The summed E-state index contributed by atoms with van der Waals surface area (Å²) in [6.07, 6.45) is 2.51. The lowest BCUT2D eigenvalue weighted by Gasteiger charge is -2.18. The first-order valence-corrected chi connectivity index (χ1v) is 11.2. The number of ether oxygens (including phenoxy) is 2. The quantitative estimate of drug-likeness (QED) is 0.316. The number of para-hydroxylation sites is 1. The van der Waals surface area contributed by atoms with E-state index in [4.69, 9.17) is 37.7 Å². The second-order valence-corrected chi connectivity index (χ2v) is 8.22. The SMILES string of the molecule is CCc1nc2c(OCc3ccc(Cl)cc3Cl)cccn2c1N(C)C(=O)COc1ccccc1. The number of imidazole rings is 1. The van der Waals surface area contributed by atoms with Crippen molar-refractivity contribution >= 4 is 40.6 Å². The van der Waals surface area contributed by atoms with Crippen LogP contribution in [0.25, 0.3) is 5.65 Å². The fourth-order valence-electron chi connectivity index (χ4n) is 3.45. The third kappa shape index (κ3) is 5.07. The average molecular weight is 484 g/mol. The molecule has 4 rings (SSSR count). The first-order chi connectivity index (χ1) is 16.0. The molecule has 0 fully saturated rings. The number of halogens is 2. The molecule has 0 saturated heterocycles. The summed E-state index contributed by atoms with van der Waals surface area (Å²) in [6.45, 7) is 2.18. The molecule has 4 aromatic rings. The van der Waals surface area contributed by atoms with Crippen LogP contribution in [0, 0.1) is 0 Å². The van der Waals surface area contributed by atoms with Gasteiger partial charge in [-0.25, -0.2) is 4.98 Å². The van der Waals surface area contributed by atoms with Crippen molar-refractivity contribution in [1.29, 1.82) is 0 Å². The number of likely N-dealkylation sites (N-methyl/N-ethyl adjacent to an activating group) is 1. The van der Waals surface area contributed by atoms with Gasteiger partial charge in [-0.15, -0.1) is 0 Å². The third-order valence-corrected chi connectivity index (χ3v) is 5.78. The Labute approximate surface area is 202 Å². The number of hydrogen-bond acceptors (Lipinski definition) is 4. The van der Waals surface area contributed by atoms with Crippen LogP contribution in [0.3, 0.4) is 0 Å². The second-order valence-electron chi connectivity index (χ2n) is 7.38. The van der Waals surface area contributed by atoms with Crippen LogP contribution in [0.4, 0.5) is 5.82 Å². The Morgan fingerprint density at radius 2 is 1.85 bits per heavy atom. The van der Waals surface area contributed by atoms with Gasteiger partial charge >= 0.3 is 0 Å². The molecule has 0 radical (unpaired) electrons. The zero-order valence-electron chi connectivity index (χ0n) is 18.3. The molecule has 2 aromatic carbocycles. The van der Waals surface area contributed by atoms with Crippen LogP contribution < -0.4 is 14.4 Å². The highest BCUT2D eigenvalue weighted by Gasteiger charge is 2.22. The van der Waals surface area contributed by atoms with Crippen LogP contribution in [-0.2, 0) is 17.8 Å². The molecule has 1 amide bonds. The molecular weight excluding hydrogens is 461 g/mol. The molecule has 6 nitrogen and oxygen atoms in total. The molecule has 0 unspecified atom stereocenters. The first kappa shape index (κ1) is 23.0. The number of hydrogen-bond donors (Lipinski definition) is 0. The van der Waals surface area contributed by atoms with Crippen LogP contribution in [0.15, 0.2) is 66.9 Å². The van der Waals surface area contributed by atoms with Gasteiger partial charge in [0.1, 0.15) is 18.2 Å². The Kier molecular flexibility index (Phi) is 7.06. The number of carbonyl (C=O) groups excluding carboxylic acids is 1. The van der Waals surface area contributed by atoms with Crippen molar-refractivity contribution in [3.05, 3.63) is 88.2 Å². The van der Waals surface area contributed by atoms with Gasteiger partial charge in [0, 0.05) is 28.9 Å². The van der Waals surface area contributed by atoms with E-state index in [1.165, 1.54) is 0 Å². The van der Waals surface area contributed by atoms with E-state index in [2.05, 4.69) is 0 Å². The highest BCUT2D eigenvalue weighted by Crippen LogP contribution is 2.29. The maximum Gasteiger partial charge on any atom is 0.265 e. The number of nitrogens with zero attached hydrogens (tertiary/aromatic N) is 3. The van der Waals surface area contributed by atoms with Gasteiger partial charge in [0.15, 0.2) is 18.0 Å². The number of fused-ring (bicyclic) bond motifs is 1. The van der Waals surface area contributed by atoms with E-state index in [1.807, 2.05) is 66.1 Å². The Hall–Kier alpha value is -3.22. The third-order valence-electron chi connectivity index (χ3n) is 5.19. The molecule has 0 atom stereocenters. The van der Waals surface area contributed by atoms with Crippen molar-refractivity contribution in [2.24, 2.45) is 0 Å². The predicted molar refractivity (Wildman–Crippen MR) is 131 cm³/mol. The summed E-state index contributed by atoms with van der Waals surface area (Å²) in [7, 11) is 1.72. The van der Waals surface area contributed by atoms with E-state index in [0.29, 0.717) is 39.4 Å². The minimum atomic E-state index is -0.186. The molecule has 33 heavy (non-hydrogen) atoms. The lowest BCUT2D eigenvalue weighted by Crippen LogP contribution is -2.32. The van der Waals surface area contributed by atoms with Gasteiger partial charge in [-0.2, -0.15) is 0 Å². The molecule has 8 heteroatoms. The van der Waals surface area contributed by atoms with Crippen molar-refractivity contribution in [2.75, 3.05) is 18.6 Å². The van der Waals surface area contributed by atoms with Crippen molar-refractivity contribution in [1.82, 2.24) is 9.38 Å². The number of rotatable bonds is 8. The van der Waals surface area contributed by atoms with E-state index in [9.17, 15) is 4.79 Å². The molecule has 0 spiro atoms. The fourth-order valence-corrected chi connectivity index (χ4v) is 3.92. The summed E-state index contributed by atoms with van der Waals surface area (Å²) in [5.41, 5.74) is 2.22. The lowest BCUT2D eigenvalue weighted by molar-refractivity contribution is -0.120. The Balaban J connectivity index is 1.57. The Bertz CT molecular complexity index is 1270. The highest BCUT2D eigenvalue weighted by molar-refractivity contribution is 6.35. The largest absolute Gasteiger partial charge is 0.485 e. The van der Waals surface area contributed by atoms with Crippen LogP contribution in [0.1, 0.15) is 18.2 Å². The molecule has 0 aliphatic carbocycles. The highest BCUT2D eigenvalue weighted by atomic mass is 35.5. The summed E-state index contributed by atoms with van der Waals surface area (Å²) < 4.78 is 13.5. The fraction of sp³-hybridized carbons (Fsp3) is 0.200. The second kappa shape index (κ2) is 10.1. The summed E-state index contributed by atoms with van der Waals surface area (Å²) in [5.74, 6) is 1.73. The Morgan fingerprint density at radius 1 is 1.06 bits per heavy atom. The maximum absolute atomic E-state index is 12.9. The zero-order valence-corrected chi connectivity index (χ0v) is 19.8. The zero-order chi connectivity index (χ0) is 23.4. The number of anilines is 1. The van der Waals surface area contributed by atoms with Crippen molar-refractivity contribution in [2.45, 2.75) is 20.0 Å². The van der Waals surface area contributed by atoms with E-state index >= 15 is 0 Å². The van der Waals surface area contributed by atoms with Gasteiger partial charge < -0.3 is 9.47 Å². The molecule has 0 saturated carbocycles. The van der Waals surface area contributed by atoms with E-state index < -0.39 is 0 Å².